The van der Waals surface area contributed by atoms with Crippen LogP contribution in [0, 0.1) is 5.92 Å². The standard InChI is InChI=1S/C12H13N/c1-8-9-4-2-3-5-11(9)12-10(8)6-7-13-12/h2-5,8,10H,6-7H2,1H3/t8-,10+/m0/s1. The van der Waals surface area contributed by atoms with E-state index >= 15 is 0 Å². The Hall–Kier alpha value is -1.11. The molecule has 0 unspecified atom stereocenters. The van der Waals surface area contributed by atoms with Gasteiger partial charge in [0.05, 0.1) is 0 Å². The number of nitrogens with zero attached hydrogens (tertiary/aromatic N) is 1. The lowest BCUT2D eigenvalue weighted by Crippen LogP contribution is -2.07. The zero-order valence-electron chi connectivity index (χ0n) is 7.83. The van der Waals surface area contributed by atoms with Gasteiger partial charge in [0.2, 0.25) is 0 Å². The molecule has 13 heavy (non-hydrogen) atoms. The van der Waals surface area contributed by atoms with Crippen molar-refractivity contribution in [2.45, 2.75) is 19.3 Å². The van der Waals surface area contributed by atoms with Crippen molar-refractivity contribution in [2.75, 3.05) is 6.54 Å². The molecule has 0 amide bonds. The highest BCUT2D eigenvalue weighted by atomic mass is 14.8. The number of fused-ring (bicyclic) bond motifs is 3. The third-order valence-electron chi connectivity index (χ3n) is 3.40. The van der Waals surface area contributed by atoms with Gasteiger partial charge in [-0.1, -0.05) is 31.2 Å². The minimum atomic E-state index is 0.692. The topological polar surface area (TPSA) is 12.4 Å². The van der Waals surface area contributed by atoms with Crippen molar-refractivity contribution >= 4 is 5.71 Å². The SMILES string of the molecule is C[C@H]1c2ccccc2C2=NCC[C@@H]21. The van der Waals surface area contributed by atoms with E-state index in [1.165, 1.54) is 23.3 Å². The third kappa shape index (κ3) is 0.846. The number of benzene rings is 1. The minimum Gasteiger partial charge on any atom is -0.289 e. The molecule has 0 saturated carbocycles. The van der Waals surface area contributed by atoms with Gasteiger partial charge in [0.15, 0.2) is 0 Å². The van der Waals surface area contributed by atoms with Crippen LogP contribution in [-0.4, -0.2) is 12.3 Å². The maximum Gasteiger partial charge on any atom is 0.0461 e. The van der Waals surface area contributed by atoms with Crippen molar-refractivity contribution in [1.29, 1.82) is 0 Å². The van der Waals surface area contributed by atoms with Gasteiger partial charge in [0.1, 0.15) is 0 Å². The Balaban J connectivity index is 2.23. The molecule has 0 N–H and O–H groups in total. The Morgan fingerprint density at radius 2 is 2.15 bits per heavy atom. The number of rotatable bonds is 0. The quantitative estimate of drug-likeness (QED) is 0.569. The predicted molar refractivity (Wildman–Crippen MR) is 54.4 cm³/mol. The van der Waals surface area contributed by atoms with Gasteiger partial charge in [-0.05, 0) is 23.5 Å². The summed E-state index contributed by atoms with van der Waals surface area (Å²) in [4.78, 5) is 4.61. The molecule has 0 saturated heterocycles. The summed E-state index contributed by atoms with van der Waals surface area (Å²) in [6, 6.07) is 8.72. The van der Waals surface area contributed by atoms with E-state index in [4.69, 9.17) is 0 Å². The molecular weight excluding hydrogens is 158 g/mol. The van der Waals surface area contributed by atoms with Crippen LogP contribution in [0.1, 0.15) is 30.4 Å². The Bertz CT molecular complexity index is 378. The van der Waals surface area contributed by atoms with Gasteiger partial charge in [-0.25, -0.2) is 0 Å². The Kier molecular flexibility index (Phi) is 1.37. The zero-order valence-corrected chi connectivity index (χ0v) is 7.83. The molecule has 0 fully saturated rings. The van der Waals surface area contributed by atoms with Crippen LogP contribution >= 0.6 is 0 Å². The molecule has 0 spiro atoms. The molecule has 2 atom stereocenters. The molecular formula is C12H13N. The van der Waals surface area contributed by atoms with Crippen LogP contribution in [0.15, 0.2) is 29.3 Å². The molecule has 0 aromatic heterocycles. The predicted octanol–water partition coefficient (Wildman–Crippen LogP) is 2.61. The van der Waals surface area contributed by atoms with Crippen LogP contribution in [0.2, 0.25) is 0 Å². The first-order valence-electron chi connectivity index (χ1n) is 5.01. The molecule has 1 aliphatic carbocycles. The summed E-state index contributed by atoms with van der Waals surface area (Å²) >= 11 is 0. The second kappa shape index (κ2) is 2.44. The summed E-state index contributed by atoms with van der Waals surface area (Å²) in [5.74, 6) is 1.41. The highest BCUT2D eigenvalue weighted by Crippen LogP contribution is 2.41. The molecule has 2 aliphatic rings. The summed E-state index contributed by atoms with van der Waals surface area (Å²) in [6.07, 6.45) is 1.26. The van der Waals surface area contributed by atoms with Crippen molar-refractivity contribution in [3.63, 3.8) is 0 Å². The second-order valence-electron chi connectivity index (χ2n) is 4.04. The second-order valence-corrected chi connectivity index (χ2v) is 4.04. The smallest absolute Gasteiger partial charge is 0.0461 e. The normalized spacial score (nSPS) is 29.8. The summed E-state index contributed by atoms with van der Waals surface area (Å²) in [5.41, 5.74) is 4.30. The summed E-state index contributed by atoms with van der Waals surface area (Å²) in [5, 5.41) is 0. The van der Waals surface area contributed by atoms with Gasteiger partial charge in [0, 0.05) is 18.2 Å². The van der Waals surface area contributed by atoms with E-state index in [-0.39, 0.29) is 0 Å². The number of hydrogen-bond donors (Lipinski definition) is 0. The van der Waals surface area contributed by atoms with Gasteiger partial charge in [0.25, 0.3) is 0 Å². The monoisotopic (exact) mass is 171 g/mol. The number of aliphatic imine (C=N–C) groups is 1. The van der Waals surface area contributed by atoms with E-state index in [2.05, 4.69) is 36.2 Å². The zero-order chi connectivity index (χ0) is 8.84. The van der Waals surface area contributed by atoms with Gasteiger partial charge in [-0.15, -0.1) is 0 Å². The number of hydrogen-bond acceptors (Lipinski definition) is 1. The van der Waals surface area contributed by atoms with E-state index in [1.807, 2.05) is 0 Å². The van der Waals surface area contributed by atoms with E-state index in [0.29, 0.717) is 5.92 Å². The molecule has 0 bridgehead atoms. The third-order valence-corrected chi connectivity index (χ3v) is 3.40. The highest BCUT2D eigenvalue weighted by molar-refractivity contribution is 6.07. The molecule has 1 heteroatoms. The molecule has 0 radical (unpaired) electrons. The Morgan fingerprint density at radius 1 is 1.31 bits per heavy atom. The Morgan fingerprint density at radius 3 is 3.08 bits per heavy atom. The maximum absolute atomic E-state index is 4.61. The molecule has 1 aliphatic heterocycles. The van der Waals surface area contributed by atoms with Crippen LogP contribution in [0.25, 0.3) is 0 Å². The fraction of sp³-hybridized carbons (Fsp3) is 0.417. The molecule has 1 aromatic carbocycles. The van der Waals surface area contributed by atoms with E-state index in [0.717, 1.165) is 12.5 Å². The van der Waals surface area contributed by atoms with Gasteiger partial charge in [-0.3, -0.25) is 4.99 Å². The summed E-state index contributed by atoms with van der Waals surface area (Å²) in [7, 11) is 0. The lowest BCUT2D eigenvalue weighted by Gasteiger charge is -2.10. The molecule has 1 nitrogen and oxygen atoms in total. The Labute approximate surface area is 78.5 Å². The van der Waals surface area contributed by atoms with Crippen LogP contribution in [0.3, 0.4) is 0 Å². The van der Waals surface area contributed by atoms with Gasteiger partial charge >= 0.3 is 0 Å². The fourth-order valence-corrected chi connectivity index (χ4v) is 2.69. The molecule has 3 rings (SSSR count). The van der Waals surface area contributed by atoms with Crippen molar-refractivity contribution in [2.24, 2.45) is 10.9 Å². The molecule has 1 aromatic rings. The molecule has 66 valence electrons. The summed E-state index contributed by atoms with van der Waals surface area (Å²) in [6.45, 7) is 3.37. The van der Waals surface area contributed by atoms with Crippen molar-refractivity contribution in [3.8, 4) is 0 Å². The first-order valence-corrected chi connectivity index (χ1v) is 5.01. The lowest BCUT2D eigenvalue weighted by atomic mass is 9.93. The van der Waals surface area contributed by atoms with Crippen molar-refractivity contribution in [1.82, 2.24) is 0 Å². The van der Waals surface area contributed by atoms with E-state index in [1.54, 1.807) is 0 Å². The highest BCUT2D eigenvalue weighted by Gasteiger charge is 2.36. The van der Waals surface area contributed by atoms with E-state index in [9.17, 15) is 0 Å². The average molecular weight is 171 g/mol. The van der Waals surface area contributed by atoms with Crippen LogP contribution in [0.5, 0.6) is 0 Å². The van der Waals surface area contributed by atoms with Crippen molar-refractivity contribution < 1.29 is 0 Å². The fourth-order valence-electron chi connectivity index (χ4n) is 2.69. The van der Waals surface area contributed by atoms with Crippen LogP contribution < -0.4 is 0 Å². The largest absolute Gasteiger partial charge is 0.289 e. The first kappa shape index (κ1) is 7.31. The average Bonchev–Trinajstić information content (AvgIpc) is 2.72. The van der Waals surface area contributed by atoms with Crippen LogP contribution in [0.4, 0.5) is 0 Å². The first-order chi connectivity index (χ1) is 6.38. The van der Waals surface area contributed by atoms with E-state index < -0.39 is 0 Å². The van der Waals surface area contributed by atoms with Gasteiger partial charge < -0.3 is 0 Å². The van der Waals surface area contributed by atoms with Crippen LogP contribution in [-0.2, 0) is 0 Å². The van der Waals surface area contributed by atoms with Gasteiger partial charge in [-0.2, -0.15) is 0 Å². The lowest BCUT2D eigenvalue weighted by molar-refractivity contribution is 0.586. The minimum absolute atomic E-state index is 0.692. The summed E-state index contributed by atoms with van der Waals surface area (Å²) < 4.78 is 0. The maximum atomic E-state index is 4.61. The molecule has 1 heterocycles. The van der Waals surface area contributed by atoms with Crippen molar-refractivity contribution in [3.05, 3.63) is 35.4 Å².